The highest BCUT2D eigenvalue weighted by atomic mass is 35.5. The summed E-state index contributed by atoms with van der Waals surface area (Å²) in [6, 6.07) is 0.393. The van der Waals surface area contributed by atoms with Crippen molar-refractivity contribution in [2.24, 2.45) is 12.5 Å². The van der Waals surface area contributed by atoms with E-state index in [-0.39, 0.29) is 10.6 Å². The number of halogens is 1. The number of anilines is 1. The standard InChI is InChI=1S/C10H14ClN3O/c1-10(2)4-7(10)13-6-5-12-14(3)9(15)8(6)11/h5,7,13H,4H2,1-3H3. The molecule has 1 aliphatic carbocycles. The zero-order valence-electron chi connectivity index (χ0n) is 9.04. The number of hydrogen-bond acceptors (Lipinski definition) is 3. The second kappa shape index (κ2) is 3.23. The molecule has 0 aliphatic heterocycles. The molecule has 0 radical (unpaired) electrons. The van der Waals surface area contributed by atoms with Gasteiger partial charge in [-0.15, -0.1) is 0 Å². The van der Waals surface area contributed by atoms with Gasteiger partial charge in [-0.3, -0.25) is 4.79 Å². The fourth-order valence-corrected chi connectivity index (χ4v) is 1.74. The number of aromatic nitrogens is 2. The molecule has 1 atom stereocenters. The molecule has 4 nitrogen and oxygen atoms in total. The van der Waals surface area contributed by atoms with Gasteiger partial charge in [0.2, 0.25) is 0 Å². The molecule has 2 rings (SSSR count). The Kier molecular flexibility index (Phi) is 2.26. The van der Waals surface area contributed by atoms with E-state index in [0.717, 1.165) is 6.42 Å². The third kappa shape index (κ3) is 1.86. The van der Waals surface area contributed by atoms with Crippen molar-refractivity contribution in [3.05, 3.63) is 21.6 Å². The largest absolute Gasteiger partial charge is 0.379 e. The van der Waals surface area contributed by atoms with Crippen molar-refractivity contribution in [1.29, 1.82) is 0 Å². The van der Waals surface area contributed by atoms with Gasteiger partial charge in [-0.1, -0.05) is 25.4 Å². The minimum atomic E-state index is -0.264. The van der Waals surface area contributed by atoms with Crippen LogP contribution in [0.3, 0.4) is 0 Å². The van der Waals surface area contributed by atoms with E-state index < -0.39 is 0 Å². The van der Waals surface area contributed by atoms with E-state index in [4.69, 9.17) is 11.6 Å². The first kappa shape index (κ1) is 10.5. The molecule has 0 amide bonds. The highest BCUT2D eigenvalue weighted by Gasteiger charge is 2.45. The van der Waals surface area contributed by atoms with Crippen LogP contribution in [-0.4, -0.2) is 15.8 Å². The monoisotopic (exact) mass is 227 g/mol. The Morgan fingerprint density at radius 1 is 1.67 bits per heavy atom. The summed E-state index contributed by atoms with van der Waals surface area (Å²) in [7, 11) is 1.58. The van der Waals surface area contributed by atoms with Gasteiger partial charge >= 0.3 is 0 Å². The first-order chi connectivity index (χ1) is 6.92. The van der Waals surface area contributed by atoms with Crippen LogP contribution in [0.1, 0.15) is 20.3 Å². The molecule has 1 fully saturated rings. The predicted octanol–water partition coefficient (Wildman–Crippen LogP) is 1.64. The van der Waals surface area contributed by atoms with Crippen molar-refractivity contribution >= 4 is 17.3 Å². The first-order valence-corrected chi connectivity index (χ1v) is 5.28. The molecule has 15 heavy (non-hydrogen) atoms. The Bertz CT molecular complexity index is 452. The molecule has 5 heteroatoms. The lowest BCUT2D eigenvalue weighted by atomic mass is 10.2. The summed E-state index contributed by atoms with van der Waals surface area (Å²) in [5.74, 6) is 0. The van der Waals surface area contributed by atoms with Gasteiger partial charge in [-0.05, 0) is 11.8 Å². The molecule has 0 saturated heterocycles. The SMILES string of the molecule is Cn1ncc(NC2CC2(C)C)c(Cl)c1=O. The van der Waals surface area contributed by atoms with Crippen molar-refractivity contribution in [2.45, 2.75) is 26.3 Å². The van der Waals surface area contributed by atoms with Crippen LogP contribution in [0.15, 0.2) is 11.0 Å². The number of nitrogens with one attached hydrogen (secondary N) is 1. The second-order valence-corrected chi connectivity index (χ2v) is 5.07. The quantitative estimate of drug-likeness (QED) is 0.836. The Hall–Kier alpha value is -1.03. The van der Waals surface area contributed by atoms with Gasteiger partial charge in [-0.25, -0.2) is 4.68 Å². The van der Waals surface area contributed by atoms with Crippen molar-refractivity contribution in [3.63, 3.8) is 0 Å². The molecule has 1 aromatic heterocycles. The maximum Gasteiger partial charge on any atom is 0.287 e. The van der Waals surface area contributed by atoms with Crippen LogP contribution in [0.5, 0.6) is 0 Å². The molecule has 1 unspecified atom stereocenters. The fraction of sp³-hybridized carbons (Fsp3) is 0.600. The van der Waals surface area contributed by atoms with E-state index in [9.17, 15) is 4.79 Å². The van der Waals surface area contributed by atoms with Crippen molar-refractivity contribution < 1.29 is 0 Å². The lowest BCUT2D eigenvalue weighted by Gasteiger charge is -2.09. The number of hydrogen-bond donors (Lipinski definition) is 1. The minimum absolute atomic E-state index is 0.218. The third-order valence-corrected chi connectivity index (χ3v) is 3.29. The van der Waals surface area contributed by atoms with Crippen LogP contribution in [-0.2, 0) is 7.05 Å². The summed E-state index contributed by atoms with van der Waals surface area (Å²) >= 11 is 5.93. The lowest BCUT2D eigenvalue weighted by molar-refractivity contribution is 0.629. The molecule has 1 heterocycles. The summed E-state index contributed by atoms with van der Waals surface area (Å²) < 4.78 is 1.23. The molecular formula is C10H14ClN3O. The van der Waals surface area contributed by atoms with Gasteiger partial charge in [0, 0.05) is 13.1 Å². The van der Waals surface area contributed by atoms with E-state index >= 15 is 0 Å². The van der Waals surface area contributed by atoms with Crippen molar-refractivity contribution in [2.75, 3.05) is 5.32 Å². The van der Waals surface area contributed by atoms with E-state index in [0.29, 0.717) is 17.1 Å². The van der Waals surface area contributed by atoms with Gasteiger partial charge in [0.05, 0.1) is 11.9 Å². The molecule has 82 valence electrons. The Morgan fingerprint density at radius 2 is 2.27 bits per heavy atom. The van der Waals surface area contributed by atoms with Crippen LogP contribution in [0.25, 0.3) is 0 Å². The van der Waals surface area contributed by atoms with Crippen LogP contribution >= 0.6 is 11.6 Å². The lowest BCUT2D eigenvalue weighted by Crippen LogP contribution is -2.22. The molecule has 1 saturated carbocycles. The predicted molar refractivity (Wildman–Crippen MR) is 60.3 cm³/mol. The smallest absolute Gasteiger partial charge is 0.287 e. The topological polar surface area (TPSA) is 46.9 Å². The molecule has 1 N–H and O–H groups in total. The summed E-state index contributed by atoms with van der Waals surface area (Å²) in [5.41, 5.74) is 0.667. The molecule has 1 aliphatic rings. The van der Waals surface area contributed by atoms with Gasteiger partial charge in [0.1, 0.15) is 5.02 Å². The zero-order chi connectivity index (χ0) is 11.2. The van der Waals surface area contributed by atoms with Crippen LogP contribution in [0.4, 0.5) is 5.69 Å². The van der Waals surface area contributed by atoms with Crippen LogP contribution in [0.2, 0.25) is 5.02 Å². The van der Waals surface area contributed by atoms with E-state index in [1.54, 1.807) is 13.2 Å². The highest BCUT2D eigenvalue weighted by molar-refractivity contribution is 6.32. The summed E-state index contributed by atoms with van der Waals surface area (Å²) in [5, 5.41) is 7.38. The maximum absolute atomic E-state index is 11.5. The second-order valence-electron chi connectivity index (χ2n) is 4.69. The fourth-order valence-electron chi connectivity index (χ4n) is 1.51. The molecule has 1 aromatic rings. The summed E-state index contributed by atoms with van der Waals surface area (Å²) in [6.45, 7) is 4.35. The average molecular weight is 228 g/mol. The van der Waals surface area contributed by atoms with E-state index in [2.05, 4.69) is 24.3 Å². The Labute approximate surface area is 93.2 Å². The van der Waals surface area contributed by atoms with Crippen LogP contribution < -0.4 is 10.9 Å². The van der Waals surface area contributed by atoms with Crippen molar-refractivity contribution in [1.82, 2.24) is 9.78 Å². The highest BCUT2D eigenvalue weighted by Crippen LogP contribution is 2.46. The molecule has 0 aromatic carbocycles. The van der Waals surface area contributed by atoms with Gasteiger partial charge in [-0.2, -0.15) is 5.10 Å². The third-order valence-electron chi connectivity index (χ3n) is 2.92. The van der Waals surface area contributed by atoms with Crippen LogP contribution in [0, 0.1) is 5.41 Å². The summed E-state index contributed by atoms with van der Waals surface area (Å²) in [6.07, 6.45) is 2.69. The normalized spacial score (nSPS) is 22.5. The van der Waals surface area contributed by atoms with Crippen molar-refractivity contribution in [3.8, 4) is 0 Å². The van der Waals surface area contributed by atoms with E-state index in [1.165, 1.54) is 4.68 Å². The van der Waals surface area contributed by atoms with Gasteiger partial charge in [0.15, 0.2) is 0 Å². The summed E-state index contributed by atoms with van der Waals surface area (Å²) in [4.78, 5) is 11.5. The number of nitrogens with zero attached hydrogens (tertiary/aromatic N) is 2. The first-order valence-electron chi connectivity index (χ1n) is 4.90. The molecular weight excluding hydrogens is 214 g/mol. The zero-order valence-corrected chi connectivity index (χ0v) is 9.80. The maximum atomic E-state index is 11.5. The van der Waals surface area contributed by atoms with E-state index in [1.807, 2.05) is 0 Å². The Balaban J connectivity index is 2.24. The molecule has 0 spiro atoms. The number of rotatable bonds is 2. The number of aryl methyl sites for hydroxylation is 1. The Morgan fingerprint density at radius 3 is 2.80 bits per heavy atom. The minimum Gasteiger partial charge on any atom is -0.379 e. The van der Waals surface area contributed by atoms with Gasteiger partial charge < -0.3 is 5.32 Å². The average Bonchev–Trinajstić information content (AvgIpc) is 2.75. The van der Waals surface area contributed by atoms with Gasteiger partial charge in [0.25, 0.3) is 5.56 Å². The molecule has 0 bridgehead atoms.